The average molecular weight is 691 g/mol. The van der Waals surface area contributed by atoms with Gasteiger partial charge in [-0.1, -0.05) is 145 Å². The fourth-order valence-corrected chi connectivity index (χ4v) is 7.06. The highest BCUT2D eigenvalue weighted by Crippen LogP contribution is 2.34. The fourth-order valence-electron chi connectivity index (χ4n) is 7.06. The van der Waals surface area contributed by atoms with Crippen LogP contribution in [-0.2, 0) is 28.9 Å². The summed E-state index contributed by atoms with van der Waals surface area (Å²) >= 11 is 0. The number of fused-ring (bicyclic) bond motifs is 2. The molecule has 0 aliphatic rings. The van der Waals surface area contributed by atoms with E-state index >= 15 is 0 Å². The first-order valence-corrected chi connectivity index (χ1v) is 19.8. The molecule has 0 unspecified atom stereocenters. The smallest absolute Gasteiger partial charge is 0.311 e. The fraction of sp³-hybridized carbons (Fsp3) is 0.467. The van der Waals surface area contributed by atoms with Gasteiger partial charge < -0.3 is 19.4 Å². The number of unbranched alkanes of at least 4 members (excludes halogenated alkanes) is 14. The lowest BCUT2D eigenvalue weighted by Crippen LogP contribution is -2.14. The zero-order valence-corrected chi connectivity index (χ0v) is 30.8. The zero-order valence-electron chi connectivity index (χ0n) is 30.8. The Hall–Kier alpha value is -4.32. The number of aromatic nitrogens is 2. The number of ether oxygens (including phenoxy) is 2. The Morgan fingerprint density at radius 2 is 1.18 bits per heavy atom. The molecule has 0 bridgehead atoms. The molecule has 5 aromatic rings. The van der Waals surface area contributed by atoms with Crippen LogP contribution in [-0.4, -0.2) is 21.9 Å². The Labute approximate surface area is 304 Å². The Morgan fingerprint density at radius 3 is 1.88 bits per heavy atom. The van der Waals surface area contributed by atoms with Crippen molar-refractivity contribution in [2.75, 3.05) is 0 Å². The molecule has 0 saturated carbocycles. The molecule has 2 heterocycles. The molecule has 0 aliphatic carbocycles. The first-order chi connectivity index (χ1) is 25.1. The van der Waals surface area contributed by atoms with Crippen molar-refractivity contribution in [1.82, 2.24) is 9.97 Å². The summed E-state index contributed by atoms with van der Waals surface area (Å²) in [5, 5.41) is 2.23. The standard InChI is InChI=1S/C45H58N2O4/c1-2-3-4-5-6-7-8-9-10-11-12-13-14-15-16-22-35-24-21-28-42(50-43(48)31-29-37-34-46-41-27-20-18-25-39(37)41)45(35)51-44(49)32-30-38-33-36-23-17-19-26-40(36)47-38/h17-21,23-28,33-34,46-47H,2-16,22,29-32H2,1H3. The van der Waals surface area contributed by atoms with Crippen molar-refractivity contribution in [2.24, 2.45) is 0 Å². The Kier molecular flexibility index (Phi) is 15.7. The van der Waals surface area contributed by atoms with Crippen molar-refractivity contribution in [3.05, 3.63) is 95.8 Å². The second-order valence-corrected chi connectivity index (χ2v) is 14.1. The number of hydrogen-bond acceptors (Lipinski definition) is 4. The molecule has 6 nitrogen and oxygen atoms in total. The van der Waals surface area contributed by atoms with Gasteiger partial charge in [0, 0.05) is 28.3 Å². The molecule has 5 rings (SSSR count). The van der Waals surface area contributed by atoms with Gasteiger partial charge in [0.15, 0.2) is 11.5 Å². The highest BCUT2D eigenvalue weighted by Gasteiger charge is 2.19. The zero-order chi connectivity index (χ0) is 35.5. The van der Waals surface area contributed by atoms with Crippen LogP contribution in [0.5, 0.6) is 11.5 Å². The van der Waals surface area contributed by atoms with E-state index < -0.39 is 0 Å². The van der Waals surface area contributed by atoms with E-state index in [9.17, 15) is 9.59 Å². The molecule has 0 aliphatic heterocycles. The number of carbonyl (C=O) groups excluding carboxylic acids is 2. The Bertz CT molecular complexity index is 1750. The van der Waals surface area contributed by atoms with Crippen LogP contribution < -0.4 is 9.47 Å². The molecule has 2 N–H and O–H groups in total. The maximum absolute atomic E-state index is 13.2. The third kappa shape index (κ3) is 12.4. The number of nitrogens with one attached hydrogen (secondary N) is 2. The van der Waals surface area contributed by atoms with Gasteiger partial charge in [0.1, 0.15) is 0 Å². The lowest BCUT2D eigenvalue weighted by atomic mass is 10.0. The third-order valence-corrected chi connectivity index (χ3v) is 10.0. The van der Waals surface area contributed by atoms with Crippen LogP contribution in [0.1, 0.15) is 133 Å². The summed E-state index contributed by atoms with van der Waals surface area (Å²) in [4.78, 5) is 33.0. The van der Waals surface area contributed by atoms with E-state index in [1.54, 1.807) is 6.07 Å². The van der Waals surface area contributed by atoms with Crippen LogP contribution in [0.3, 0.4) is 0 Å². The number of para-hydroxylation sites is 3. The summed E-state index contributed by atoms with van der Waals surface area (Å²) in [6, 6.07) is 23.9. The number of H-pyrrole nitrogens is 2. The predicted molar refractivity (Wildman–Crippen MR) is 210 cm³/mol. The predicted octanol–water partition coefficient (Wildman–Crippen LogP) is 12.1. The van der Waals surface area contributed by atoms with Crippen LogP contribution in [0.15, 0.2) is 79.0 Å². The van der Waals surface area contributed by atoms with Gasteiger partial charge in [-0.3, -0.25) is 9.59 Å². The molecule has 0 spiro atoms. The minimum absolute atomic E-state index is 0.216. The highest BCUT2D eigenvalue weighted by molar-refractivity contribution is 5.84. The van der Waals surface area contributed by atoms with Gasteiger partial charge in [0.05, 0.1) is 12.8 Å². The van der Waals surface area contributed by atoms with Crippen LogP contribution in [0.4, 0.5) is 0 Å². The van der Waals surface area contributed by atoms with E-state index in [4.69, 9.17) is 9.47 Å². The summed E-state index contributed by atoms with van der Waals surface area (Å²) in [5.41, 5.74) is 5.08. The number of esters is 2. The van der Waals surface area contributed by atoms with Crippen molar-refractivity contribution in [1.29, 1.82) is 0 Å². The van der Waals surface area contributed by atoms with Gasteiger partial charge in [-0.2, -0.15) is 0 Å². The van der Waals surface area contributed by atoms with E-state index in [0.29, 0.717) is 24.3 Å². The van der Waals surface area contributed by atoms with Crippen LogP contribution in [0.2, 0.25) is 0 Å². The van der Waals surface area contributed by atoms with E-state index in [0.717, 1.165) is 57.9 Å². The molecule has 272 valence electrons. The number of benzene rings is 3. The summed E-state index contributed by atoms with van der Waals surface area (Å²) < 4.78 is 11.9. The van der Waals surface area contributed by atoms with Gasteiger partial charge in [-0.25, -0.2) is 0 Å². The van der Waals surface area contributed by atoms with E-state index in [2.05, 4.69) is 35.1 Å². The summed E-state index contributed by atoms with van der Waals surface area (Å²) in [6.07, 6.45) is 23.9. The van der Waals surface area contributed by atoms with Crippen molar-refractivity contribution in [2.45, 2.75) is 135 Å². The topological polar surface area (TPSA) is 84.2 Å². The lowest BCUT2D eigenvalue weighted by Gasteiger charge is -2.15. The number of aromatic amines is 2. The summed E-state index contributed by atoms with van der Waals surface area (Å²) in [7, 11) is 0. The maximum atomic E-state index is 13.2. The molecule has 6 heteroatoms. The third-order valence-electron chi connectivity index (χ3n) is 10.0. The molecule has 0 fully saturated rings. The van der Waals surface area contributed by atoms with Crippen LogP contribution >= 0.6 is 0 Å². The van der Waals surface area contributed by atoms with Crippen molar-refractivity contribution >= 4 is 33.7 Å². The SMILES string of the molecule is CCCCCCCCCCCCCCCCCc1cccc(OC(=O)CCc2c[nH]c3ccccc23)c1OC(=O)CCc1cc2ccccc2[nH]1. The molecule has 0 saturated heterocycles. The van der Waals surface area contributed by atoms with Gasteiger partial charge >= 0.3 is 11.9 Å². The molecular weight excluding hydrogens is 633 g/mol. The molecule has 51 heavy (non-hydrogen) atoms. The minimum atomic E-state index is -0.347. The first-order valence-electron chi connectivity index (χ1n) is 19.8. The quantitative estimate of drug-likeness (QED) is 0.0383. The largest absolute Gasteiger partial charge is 0.422 e. The number of hydrogen-bond donors (Lipinski definition) is 2. The normalized spacial score (nSPS) is 11.4. The maximum Gasteiger partial charge on any atom is 0.311 e. The van der Waals surface area contributed by atoms with Crippen molar-refractivity contribution in [3.63, 3.8) is 0 Å². The molecule has 3 aromatic carbocycles. The van der Waals surface area contributed by atoms with Gasteiger partial charge in [0.2, 0.25) is 0 Å². The number of aryl methyl sites for hydroxylation is 3. The molecule has 0 radical (unpaired) electrons. The summed E-state index contributed by atoms with van der Waals surface area (Å²) in [6.45, 7) is 2.28. The van der Waals surface area contributed by atoms with Crippen LogP contribution in [0, 0.1) is 0 Å². The number of carbonyl (C=O) groups is 2. The second-order valence-electron chi connectivity index (χ2n) is 14.1. The molecule has 0 amide bonds. The van der Waals surface area contributed by atoms with Gasteiger partial charge in [0.25, 0.3) is 0 Å². The average Bonchev–Trinajstić information content (AvgIpc) is 3.76. The van der Waals surface area contributed by atoms with E-state index in [1.165, 1.54) is 83.5 Å². The highest BCUT2D eigenvalue weighted by atomic mass is 16.6. The lowest BCUT2D eigenvalue weighted by molar-refractivity contribution is -0.137. The molecule has 2 aromatic heterocycles. The summed E-state index contributed by atoms with van der Waals surface area (Å²) in [5.74, 6) is 0.00905. The van der Waals surface area contributed by atoms with E-state index in [1.807, 2.05) is 54.7 Å². The van der Waals surface area contributed by atoms with Crippen molar-refractivity contribution < 1.29 is 19.1 Å². The van der Waals surface area contributed by atoms with Gasteiger partial charge in [-0.15, -0.1) is 0 Å². The second kappa shape index (κ2) is 21.1. The molecular formula is C45H58N2O4. The Morgan fingerprint density at radius 1 is 0.569 bits per heavy atom. The number of rotatable bonds is 24. The minimum Gasteiger partial charge on any atom is -0.422 e. The van der Waals surface area contributed by atoms with E-state index in [-0.39, 0.29) is 24.8 Å². The van der Waals surface area contributed by atoms with Crippen LogP contribution in [0.25, 0.3) is 21.8 Å². The Balaban J connectivity index is 1.10. The van der Waals surface area contributed by atoms with Crippen molar-refractivity contribution in [3.8, 4) is 11.5 Å². The van der Waals surface area contributed by atoms with Gasteiger partial charge in [-0.05, 0) is 66.5 Å². The molecule has 0 atom stereocenters. The monoisotopic (exact) mass is 690 g/mol. The first kappa shape index (κ1) is 37.9.